The lowest BCUT2D eigenvalue weighted by atomic mass is 9.93. The van der Waals surface area contributed by atoms with Crippen molar-refractivity contribution in [3.63, 3.8) is 0 Å². The summed E-state index contributed by atoms with van der Waals surface area (Å²) in [4.78, 5) is 19.1. The number of nitrogens with one attached hydrogen (secondary N) is 1. The van der Waals surface area contributed by atoms with Crippen LogP contribution in [0.5, 0.6) is 0 Å². The summed E-state index contributed by atoms with van der Waals surface area (Å²) in [5, 5.41) is 10.2. The molecular weight excluding hydrogens is 342 g/mol. The third kappa shape index (κ3) is 3.39. The molecule has 2 fully saturated rings. The summed E-state index contributed by atoms with van der Waals surface area (Å²) in [5.74, 6) is 0.933. The van der Waals surface area contributed by atoms with E-state index in [2.05, 4.69) is 20.6 Å². The summed E-state index contributed by atoms with van der Waals surface area (Å²) in [6, 6.07) is 1.86. The largest absolute Gasteiger partial charge is 0.376 e. The van der Waals surface area contributed by atoms with E-state index in [1.165, 1.54) is 5.01 Å². The number of nitrogens with zero attached hydrogens (tertiary/aromatic N) is 2. The van der Waals surface area contributed by atoms with Gasteiger partial charge in [-0.15, -0.1) is 11.3 Å². The molecule has 24 heavy (non-hydrogen) atoms. The summed E-state index contributed by atoms with van der Waals surface area (Å²) >= 11 is 3.28. The topological polar surface area (TPSA) is 54.5 Å². The van der Waals surface area contributed by atoms with E-state index < -0.39 is 0 Å². The number of ether oxygens (including phenoxy) is 1. The summed E-state index contributed by atoms with van der Waals surface area (Å²) in [7, 11) is 0. The van der Waals surface area contributed by atoms with Crippen LogP contribution in [0.25, 0.3) is 0 Å². The highest BCUT2D eigenvalue weighted by Crippen LogP contribution is 2.34. The number of amides is 1. The molecule has 5 nitrogen and oxygen atoms in total. The number of rotatable bonds is 5. The van der Waals surface area contributed by atoms with Gasteiger partial charge >= 0.3 is 0 Å². The number of thiazole rings is 1. The maximum atomic E-state index is 12.1. The van der Waals surface area contributed by atoms with E-state index in [9.17, 15) is 4.79 Å². The Morgan fingerprint density at radius 3 is 3.12 bits per heavy atom. The zero-order valence-electron chi connectivity index (χ0n) is 13.6. The predicted octanol–water partition coefficient (Wildman–Crippen LogP) is 2.39. The highest BCUT2D eigenvalue weighted by atomic mass is 32.1. The van der Waals surface area contributed by atoms with Crippen molar-refractivity contribution in [2.75, 3.05) is 26.2 Å². The normalized spacial score (nSPS) is 26.6. The molecule has 1 amide bonds. The molecule has 0 radical (unpaired) electrons. The van der Waals surface area contributed by atoms with Crippen LogP contribution >= 0.6 is 22.7 Å². The van der Waals surface area contributed by atoms with Crippen LogP contribution in [0, 0.1) is 18.8 Å². The molecule has 2 aliphatic heterocycles. The first-order valence-corrected chi connectivity index (χ1v) is 10.1. The molecule has 128 valence electrons. The van der Waals surface area contributed by atoms with E-state index in [1.807, 2.05) is 23.8 Å². The van der Waals surface area contributed by atoms with Gasteiger partial charge in [-0.25, -0.2) is 4.98 Å². The van der Waals surface area contributed by atoms with Crippen molar-refractivity contribution in [3.8, 4) is 0 Å². The molecule has 2 saturated heterocycles. The second-order valence-corrected chi connectivity index (χ2v) is 8.32. The maximum Gasteiger partial charge on any atom is 0.252 e. The van der Waals surface area contributed by atoms with Crippen LogP contribution in [-0.2, 0) is 11.3 Å². The Labute approximate surface area is 149 Å². The van der Waals surface area contributed by atoms with Crippen molar-refractivity contribution in [2.24, 2.45) is 11.8 Å². The van der Waals surface area contributed by atoms with Crippen LogP contribution in [0.1, 0.15) is 21.1 Å². The molecular formula is C17H21N3O2S2. The van der Waals surface area contributed by atoms with Crippen molar-refractivity contribution < 1.29 is 9.53 Å². The lowest BCUT2D eigenvalue weighted by Gasteiger charge is -2.19. The molecule has 2 aromatic rings. The number of carbonyl (C=O) groups is 1. The Morgan fingerprint density at radius 2 is 2.38 bits per heavy atom. The molecule has 0 spiro atoms. The molecule has 1 N–H and O–H groups in total. The Hall–Kier alpha value is -1.28. The second-order valence-electron chi connectivity index (χ2n) is 6.59. The first-order valence-electron chi connectivity index (χ1n) is 8.24. The van der Waals surface area contributed by atoms with Crippen LogP contribution in [-0.4, -0.2) is 48.1 Å². The van der Waals surface area contributed by atoms with Crippen LogP contribution in [0.15, 0.2) is 22.2 Å². The molecule has 0 unspecified atom stereocenters. The number of hydrogen-bond acceptors (Lipinski definition) is 6. The van der Waals surface area contributed by atoms with Gasteiger partial charge in [0.05, 0.1) is 19.3 Å². The monoisotopic (exact) mass is 363 g/mol. The molecule has 0 saturated carbocycles. The lowest BCUT2D eigenvalue weighted by Crippen LogP contribution is -2.34. The van der Waals surface area contributed by atoms with Crippen molar-refractivity contribution in [3.05, 3.63) is 38.5 Å². The average Bonchev–Trinajstić information content (AvgIpc) is 3.30. The lowest BCUT2D eigenvalue weighted by molar-refractivity contribution is 0.0904. The molecule has 4 rings (SSSR count). The van der Waals surface area contributed by atoms with Gasteiger partial charge in [-0.2, -0.15) is 11.3 Å². The number of thiophene rings is 1. The quantitative estimate of drug-likeness (QED) is 0.886. The van der Waals surface area contributed by atoms with Gasteiger partial charge in [-0.05, 0) is 18.4 Å². The average molecular weight is 364 g/mol. The van der Waals surface area contributed by atoms with Gasteiger partial charge in [0.15, 0.2) is 0 Å². The Balaban J connectivity index is 1.30. The third-order valence-electron chi connectivity index (χ3n) is 4.85. The van der Waals surface area contributed by atoms with E-state index in [-0.39, 0.29) is 5.91 Å². The number of aryl methyl sites for hydroxylation is 1. The fourth-order valence-corrected chi connectivity index (χ4v) is 5.05. The van der Waals surface area contributed by atoms with E-state index >= 15 is 0 Å². The van der Waals surface area contributed by atoms with E-state index in [1.54, 1.807) is 22.7 Å². The fourth-order valence-electron chi connectivity index (χ4n) is 3.61. The fraction of sp³-hybridized carbons (Fsp3) is 0.529. The van der Waals surface area contributed by atoms with Crippen LogP contribution in [0.4, 0.5) is 0 Å². The molecule has 2 aromatic heterocycles. The van der Waals surface area contributed by atoms with Gasteiger partial charge in [-0.1, -0.05) is 0 Å². The minimum atomic E-state index is 0.0211. The summed E-state index contributed by atoms with van der Waals surface area (Å²) < 4.78 is 5.98. The van der Waals surface area contributed by atoms with Gasteiger partial charge in [0, 0.05) is 53.5 Å². The van der Waals surface area contributed by atoms with Gasteiger partial charge < -0.3 is 10.1 Å². The first-order chi connectivity index (χ1) is 11.7. The molecule has 7 heteroatoms. The van der Waals surface area contributed by atoms with Crippen molar-refractivity contribution in [2.45, 2.75) is 19.6 Å². The molecule has 0 bridgehead atoms. The number of likely N-dealkylation sites (tertiary alicyclic amines) is 1. The molecule has 4 heterocycles. The van der Waals surface area contributed by atoms with Crippen LogP contribution < -0.4 is 5.32 Å². The van der Waals surface area contributed by atoms with Gasteiger partial charge in [-0.3, -0.25) is 9.69 Å². The standard InChI is InChI=1S/C17H21N3O2S2/c1-11-9-24-16(19-11)7-20-5-14-13(8-22-15(14)6-20)4-18-17(21)12-2-3-23-10-12/h2-3,9-10,13-15H,4-8H2,1H3,(H,18,21)/t13-,14+,15+/m0/s1. The molecule has 0 aromatic carbocycles. The number of hydrogen-bond donors (Lipinski definition) is 1. The van der Waals surface area contributed by atoms with Crippen LogP contribution in [0.2, 0.25) is 0 Å². The highest BCUT2D eigenvalue weighted by molar-refractivity contribution is 7.09. The predicted molar refractivity (Wildman–Crippen MR) is 95.5 cm³/mol. The molecule has 3 atom stereocenters. The second kappa shape index (κ2) is 6.92. The smallest absolute Gasteiger partial charge is 0.252 e. The Morgan fingerprint density at radius 1 is 1.46 bits per heavy atom. The summed E-state index contributed by atoms with van der Waals surface area (Å²) in [6.07, 6.45) is 0.300. The maximum absolute atomic E-state index is 12.1. The highest BCUT2D eigenvalue weighted by Gasteiger charge is 2.43. The number of carbonyl (C=O) groups excluding carboxylic acids is 1. The van der Waals surface area contributed by atoms with Gasteiger partial charge in [0.1, 0.15) is 5.01 Å². The number of aromatic nitrogens is 1. The molecule has 2 aliphatic rings. The Kier molecular flexibility index (Phi) is 4.67. The van der Waals surface area contributed by atoms with E-state index in [4.69, 9.17) is 4.74 Å². The molecule has 0 aliphatic carbocycles. The Bertz CT molecular complexity index is 701. The van der Waals surface area contributed by atoms with E-state index in [0.29, 0.717) is 24.5 Å². The zero-order valence-corrected chi connectivity index (χ0v) is 15.2. The van der Waals surface area contributed by atoms with Crippen LogP contribution in [0.3, 0.4) is 0 Å². The minimum Gasteiger partial charge on any atom is -0.376 e. The third-order valence-corrected chi connectivity index (χ3v) is 6.48. The summed E-state index contributed by atoms with van der Waals surface area (Å²) in [5.41, 5.74) is 1.85. The van der Waals surface area contributed by atoms with Crippen molar-refractivity contribution >= 4 is 28.6 Å². The zero-order chi connectivity index (χ0) is 16.5. The summed E-state index contributed by atoms with van der Waals surface area (Å²) in [6.45, 7) is 6.39. The van der Waals surface area contributed by atoms with Crippen molar-refractivity contribution in [1.29, 1.82) is 0 Å². The SMILES string of the molecule is Cc1csc(CN2C[C@@H]3[C@@H](CNC(=O)c4ccsc4)CO[C@@H]3C2)n1. The van der Waals surface area contributed by atoms with Gasteiger partial charge in [0.2, 0.25) is 0 Å². The van der Waals surface area contributed by atoms with Crippen molar-refractivity contribution in [1.82, 2.24) is 15.2 Å². The first kappa shape index (κ1) is 16.2. The minimum absolute atomic E-state index is 0.0211. The van der Waals surface area contributed by atoms with E-state index in [0.717, 1.165) is 37.5 Å². The van der Waals surface area contributed by atoms with Gasteiger partial charge in [0.25, 0.3) is 5.91 Å². The number of fused-ring (bicyclic) bond motifs is 1.